The van der Waals surface area contributed by atoms with Crippen LogP contribution in [-0.4, -0.2) is 49.5 Å². The normalized spacial score (nSPS) is 12.5. The van der Waals surface area contributed by atoms with Gasteiger partial charge in [-0.15, -0.1) is 0 Å². The minimum atomic E-state index is -3.83. The van der Waals surface area contributed by atoms with Crippen LogP contribution in [0.5, 0.6) is 0 Å². The molecule has 0 bridgehead atoms. The summed E-state index contributed by atoms with van der Waals surface area (Å²) in [6.45, 7) is 6.99. The van der Waals surface area contributed by atoms with E-state index in [1.54, 1.807) is 42.5 Å². The van der Waals surface area contributed by atoms with Gasteiger partial charge in [0.2, 0.25) is 21.8 Å². The highest BCUT2D eigenvalue weighted by Gasteiger charge is 2.34. The second kappa shape index (κ2) is 13.1. The number of carbonyl (C=O) groups excluding carboxylic acids is 2. The van der Waals surface area contributed by atoms with Crippen LogP contribution in [0.4, 0.5) is 5.69 Å². The number of hydrogen-bond acceptors (Lipinski definition) is 4. The molecule has 3 aromatic carbocycles. The van der Waals surface area contributed by atoms with Crippen molar-refractivity contribution in [3.05, 3.63) is 99.5 Å². The van der Waals surface area contributed by atoms with Gasteiger partial charge in [-0.05, 0) is 63.1 Å². The van der Waals surface area contributed by atoms with E-state index < -0.39 is 34.1 Å². The van der Waals surface area contributed by atoms with Crippen molar-refractivity contribution in [2.24, 2.45) is 0 Å². The van der Waals surface area contributed by atoms with Gasteiger partial charge in [-0.2, -0.15) is 0 Å². The fourth-order valence-electron chi connectivity index (χ4n) is 4.17. The Kier molecular flexibility index (Phi) is 10.3. The van der Waals surface area contributed by atoms with Crippen LogP contribution in [0, 0.1) is 6.92 Å². The Morgan fingerprint density at radius 1 is 0.900 bits per heavy atom. The lowest BCUT2D eigenvalue weighted by atomic mass is 10.0. The minimum Gasteiger partial charge on any atom is -0.350 e. The molecule has 10 heteroatoms. The van der Waals surface area contributed by atoms with E-state index in [-0.39, 0.29) is 18.9 Å². The molecule has 3 aromatic rings. The van der Waals surface area contributed by atoms with E-state index in [4.69, 9.17) is 23.2 Å². The number of benzene rings is 3. The molecule has 0 saturated heterocycles. The first-order chi connectivity index (χ1) is 18.6. The molecule has 0 aliphatic rings. The van der Waals surface area contributed by atoms with Crippen LogP contribution in [0.1, 0.15) is 37.5 Å². The van der Waals surface area contributed by atoms with E-state index in [0.717, 1.165) is 21.7 Å². The van der Waals surface area contributed by atoms with Gasteiger partial charge in [0.25, 0.3) is 0 Å². The molecular formula is C30H35Cl2N3O4S. The summed E-state index contributed by atoms with van der Waals surface area (Å²) in [5.41, 5.74) is 2.24. The van der Waals surface area contributed by atoms with Crippen molar-refractivity contribution in [1.29, 1.82) is 0 Å². The second-order valence-corrected chi connectivity index (χ2v) is 13.5. The zero-order chi connectivity index (χ0) is 29.7. The van der Waals surface area contributed by atoms with E-state index >= 15 is 0 Å². The van der Waals surface area contributed by atoms with E-state index in [1.165, 1.54) is 4.90 Å². The second-order valence-electron chi connectivity index (χ2n) is 10.8. The highest BCUT2D eigenvalue weighted by atomic mass is 35.5. The number of aryl methyl sites for hydroxylation is 1. The van der Waals surface area contributed by atoms with Crippen LogP contribution in [0.25, 0.3) is 0 Å². The molecule has 0 saturated carbocycles. The standard InChI is InChI=1S/C30H35Cl2N3O4S/c1-21-11-14-24(15-12-21)35(40(5,38)39)20-28(36)34(19-23-13-16-25(31)26(32)17-23)27(29(37)33-30(2,3)4)18-22-9-7-6-8-10-22/h6-17,27H,18-20H2,1-5H3,(H,33,37)/t27-/m0/s1. The van der Waals surface area contributed by atoms with Crippen LogP contribution < -0.4 is 9.62 Å². The predicted octanol–water partition coefficient (Wildman–Crippen LogP) is 5.62. The molecule has 0 unspecified atom stereocenters. The zero-order valence-electron chi connectivity index (χ0n) is 23.3. The fraction of sp³-hybridized carbons (Fsp3) is 0.333. The SMILES string of the molecule is Cc1ccc(N(CC(=O)N(Cc2ccc(Cl)c(Cl)c2)[C@@H](Cc2ccccc2)C(=O)NC(C)(C)C)S(C)(=O)=O)cc1. The summed E-state index contributed by atoms with van der Waals surface area (Å²) in [5.74, 6) is -0.895. The molecule has 2 amide bonds. The van der Waals surface area contributed by atoms with Gasteiger partial charge in [0.1, 0.15) is 12.6 Å². The van der Waals surface area contributed by atoms with Crippen LogP contribution >= 0.6 is 23.2 Å². The van der Waals surface area contributed by atoms with Crippen molar-refractivity contribution in [1.82, 2.24) is 10.2 Å². The van der Waals surface area contributed by atoms with E-state index in [1.807, 2.05) is 58.0 Å². The van der Waals surface area contributed by atoms with Gasteiger partial charge in [0, 0.05) is 18.5 Å². The summed E-state index contributed by atoms with van der Waals surface area (Å²) < 4.78 is 26.7. The topological polar surface area (TPSA) is 86.8 Å². The molecule has 0 radical (unpaired) electrons. The van der Waals surface area contributed by atoms with Crippen molar-refractivity contribution in [2.75, 3.05) is 17.1 Å². The zero-order valence-corrected chi connectivity index (χ0v) is 25.6. The Morgan fingerprint density at radius 3 is 2.08 bits per heavy atom. The molecule has 3 rings (SSSR count). The van der Waals surface area contributed by atoms with Crippen molar-refractivity contribution in [3.8, 4) is 0 Å². The first kappa shape index (κ1) is 31.5. The number of carbonyl (C=O) groups is 2. The number of anilines is 1. The Labute approximate surface area is 247 Å². The van der Waals surface area contributed by atoms with Crippen LogP contribution in [-0.2, 0) is 32.6 Å². The van der Waals surface area contributed by atoms with Gasteiger partial charge in [-0.25, -0.2) is 8.42 Å². The lowest BCUT2D eigenvalue weighted by molar-refractivity contribution is -0.140. The molecule has 0 aromatic heterocycles. The Morgan fingerprint density at radius 2 is 1.52 bits per heavy atom. The average molecular weight is 605 g/mol. The molecule has 0 spiro atoms. The predicted molar refractivity (Wildman–Crippen MR) is 162 cm³/mol. The van der Waals surface area contributed by atoms with Crippen molar-refractivity contribution in [2.45, 2.75) is 52.2 Å². The van der Waals surface area contributed by atoms with Gasteiger partial charge in [-0.3, -0.25) is 13.9 Å². The first-order valence-electron chi connectivity index (χ1n) is 12.8. The monoisotopic (exact) mass is 603 g/mol. The molecule has 7 nitrogen and oxygen atoms in total. The summed E-state index contributed by atoms with van der Waals surface area (Å²) in [4.78, 5) is 29.2. The molecule has 0 aliphatic carbocycles. The summed E-state index contributed by atoms with van der Waals surface area (Å²) in [6, 6.07) is 20.3. The van der Waals surface area contributed by atoms with E-state index in [9.17, 15) is 18.0 Å². The summed E-state index contributed by atoms with van der Waals surface area (Å²) in [7, 11) is -3.83. The molecule has 0 heterocycles. The van der Waals surface area contributed by atoms with Gasteiger partial charge >= 0.3 is 0 Å². The quantitative estimate of drug-likeness (QED) is 0.326. The van der Waals surface area contributed by atoms with Crippen LogP contribution in [0.15, 0.2) is 72.8 Å². The number of sulfonamides is 1. The maximum Gasteiger partial charge on any atom is 0.244 e. The highest BCUT2D eigenvalue weighted by molar-refractivity contribution is 7.92. The number of nitrogens with zero attached hydrogens (tertiary/aromatic N) is 2. The van der Waals surface area contributed by atoms with E-state index in [0.29, 0.717) is 21.3 Å². The maximum absolute atomic E-state index is 14.1. The molecule has 1 N–H and O–H groups in total. The summed E-state index contributed by atoms with van der Waals surface area (Å²) in [5, 5.41) is 3.66. The lowest BCUT2D eigenvalue weighted by Gasteiger charge is -2.35. The number of hydrogen-bond donors (Lipinski definition) is 1. The molecule has 214 valence electrons. The summed E-state index contributed by atoms with van der Waals surface area (Å²) >= 11 is 12.4. The Balaban J connectivity index is 2.08. The first-order valence-corrected chi connectivity index (χ1v) is 15.4. The lowest BCUT2D eigenvalue weighted by Crippen LogP contribution is -2.56. The van der Waals surface area contributed by atoms with E-state index in [2.05, 4.69) is 5.32 Å². The van der Waals surface area contributed by atoms with Gasteiger partial charge in [0.05, 0.1) is 22.0 Å². The number of rotatable bonds is 10. The smallest absolute Gasteiger partial charge is 0.244 e. The van der Waals surface area contributed by atoms with Gasteiger partial charge in [0.15, 0.2) is 0 Å². The van der Waals surface area contributed by atoms with Gasteiger partial charge in [-0.1, -0.05) is 77.3 Å². The summed E-state index contributed by atoms with van der Waals surface area (Å²) in [6.07, 6.45) is 1.27. The van der Waals surface area contributed by atoms with Crippen LogP contribution in [0.2, 0.25) is 10.0 Å². The molecular weight excluding hydrogens is 569 g/mol. The minimum absolute atomic E-state index is 0.0102. The number of amides is 2. The Hall–Kier alpha value is -3.07. The molecule has 1 atom stereocenters. The third-order valence-electron chi connectivity index (χ3n) is 6.11. The average Bonchev–Trinajstić information content (AvgIpc) is 2.86. The van der Waals surface area contributed by atoms with Crippen molar-refractivity contribution >= 4 is 50.7 Å². The van der Waals surface area contributed by atoms with Gasteiger partial charge < -0.3 is 10.2 Å². The largest absolute Gasteiger partial charge is 0.350 e. The highest BCUT2D eigenvalue weighted by Crippen LogP contribution is 2.25. The fourth-order valence-corrected chi connectivity index (χ4v) is 5.34. The third kappa shape index (κ3) is 8.98. The number of halogens is 2. The van der Waals surface area contributed by atoms with Crippen LogP contribution in [0.3, 0.4) is 0 Å². The molecule has 40 heavy (non-hydrogen) atoms. The Bertz CT molecular complexity index is 1440. The van der Waals surface area contributed by atoms with Crippen molar-refractivity contribution < 1.29 is 18.0 Å². The maximum atomic E-state index is 14.1. The van der Waals surface area contributed by atoms with Crippen molar-refractivity contribution in [3.63, 3.8) is 0 Å². The number of nitrogens with one attached hydrogen (secondary N) is 1. The molecule has 0 fully saturated rings. The molecule has 0 aliphatic heterocycles. The third-order valence-corrected chi connectivity index (χ3v) is 7.99.